The number of hydrazine groups is 1. The SMILES string of the molecule is CCn1c(-c2cc(N3CCN(C)CC3)cnc2C(C)OC)c(CC(C)(C)COC=O)c2cc(-c3cnc(CC(NC(=O)C(C(C)C)N(C)C)C(=O)N4CCCCN4)o3)ccc21. The number of methoxy groups -OCH3 is 1. The fourth-order valence-corrected chi connectivity index (χ4v) is 8.88. The predicted molar refractivity (Wildman–Crippen MR) is 238 cm³/mol. The van der Waals surface area contributed by atoms with E-state index in [-0.39, 0.29) is 36.9 Å². The Labute approximate surface area is 361 Å². The van der Waals surface area contributed by atoms with E-state index >= 15 is 0 Å². The summed E-state index contributed by atoms with van der Waals surface area (Å²) in [5.41, 5.74) is 9.73. The summed E-state index contributed by atoms with van der Waals surface area (Å²) in [4.78, 5) is 55.4. The van der Waals surface area contributed by atoms with Crippen LogP contribution in [0.1, 0.15) is 77.6 Å². The van der Waals surface area contributed by atoms with E-state index in [0.29, 0.717) is 44.2 Å². The topological polar surface area (TPSA) is 151 Å². The summed E-state index contributed by atoms with van der Waals surface area (Å²) < 4.78 is 20.1. The maximum Gasteiger partial charge on any atom is 0.293 e. The molecule has 2 aliphatic heterocycles. The van der Waals surface area contributed by atoms with Crippen LogP contribution in [0.5, 0.6) is 0 Å². The number of aromatic nitrogens is 3. The Balaban J connectivity index is 1.43. The molecule has 5 heterocycles. The van der Waals surface area contributed by atoms with Gasteiger partial charge in [-0.05, 0) is 90.0 Å². The van der Waals surface area contributed by atoms with E-state index in [2.05, 4.69) is 76.1 Å². The van der Waals surface area contributed by atoms with Gasteiger partial charge in [0.25, 0.3) is 12.4 Å². The highest BCUT2D eigenvalue weighted by Gasteiger charge is 2.34. The number of hydrogen-bond acceptors (Lipinski definition) is 12. The van der Waals surface area contributed by atoms with Gasteiger partial charge in [0.2, 0.25) is 5.91 Å². The molecule has 1 aromatic carbocycles. The number of oxazole rings is 1. The van der Waals surface area contributed by atoms with Crippen molar-refractivity contribution < 1.29 is 28.3 Å². The molecule has 0 radical (unpaired) electrons. The van der Waals surface area contributed by atoms with Crippen molar-refractivity contribution in [3.05, 3.63) is 53.8 Å². The van der Waals surface area contributed by atoms with Gasteiger partial charge in [0.15, 0.2) is 11.7 Å². The number of nitrogens with zero attached hydrogens (tertiary/aromatic N) is 7. The van der Waals surface area contributed by atoms with Crippen LogP contribution in [0.25, 0.3) is 33.5 Å². The van der Waals surface area contributed by atoms with E-state index in [1.54, 1.807) is 18.3 Å². The summed E-state index contributed by atoms with van der Waals surface area (Å²) in [6.07, 6.45) is 5.94. The molecule has 2 saturated heterocycles. The van der Waals surface area contributed by atoms with Crippen LogP contribution in [0, 0.1) is 11.3 Å². The lowest BCUT2D eigenvalue weighted by atomic mass is 9.84. The lowest BCUT2D eigenvalue weighted by Gasteiger charge is -2.34. The zero-order valence-electron chi connectivity index (χ0n) is 37.9. The highest BCUT2D eigenvalue weighted by atomic mass is 16.5. The molecule has 4 aromatic rings. The number of hydrogen-bond donors (Lipinski definition) is 2. The number of carbonyl (C=O) groups excluding carboxylic acids is 3. The largest absolute Gasteiger partial charge is 0.467 e. The second-order valence-electron chi connectivity index (χ2n) is 18.0. The maximum absolute atomic E-state index is 13.9. The van der Waals surface area contributed by atoms with E-state index in [0.717, 1.165) is 83.7 Å². The highest BCUT2D eigenvalue weighted by Crippen LogP contribution is 2.43. The smallest absolute Gasteiger partial charge is 0.293 e. The van der Waals surface area contributed by atoms with Gasteiger partial charge >= 0.3 is 0 Å². The van der Waals surface area contributed by atoms with E-state index in [9.17, 15) is 14.4 Å². The molecule has 3 atom stereocenters. The Morgan fingerprint density at radius 2 is 1.80 bits per heavy atom. The van der Waals surface area contributed by atoms with Crippen LogP contribution in [-0.2, 0) is 43.2 Å². The molecule has 2 amide bonds. The molecule has 61 heavy (non-hydrogen) atoms. The van der Waals surface area contributed by atoms with Gasteiger partial charge in [-0.2, -0.15) is 0 Å². The molecule has 332 valence electrons. The minimum Gasteiger partial charge on any atom is -0.467 e. The van der Waals surface area contributed by atoms with Crippen LogP contribution < -0.4 is 15.6 Å². The number of amides is 2. The average molecular weight is 842 g/mol. The third-order valence-corrected chi connectivity index (χ3v) is 12.1. The van der Waals surface area contributed by atoms with Crippen molar-refractivity contribution in [2.75, 3.05) is 79.0 Å². The second-order valence-corrected chi connectivity index (χ2v) is 18.0. The Morgan fingerprint density at radius 1 is 1.05 bits per heavy atom. The Morgan fingerprint density at radius 3 is 2.44 bits per heavy atom. The highest BCUT2D eigenvalue weighted by molar-refractivity contribution is 5.95. The van der Waals surface area contributed by atoms with Gasteiger partial charge in [-0.3, -0.25) is 29.3 Å². The molecule has 0 spiro atoms. The standard InChI is InChI=1S/C46H67N9O6/c1-11-54-38-15-14-32(39-27-47-40(61-39)24-37(45(58)55-17-13-12-16-49-55)50-44(57)42(30(2)3)51(7)8)22-34(38)36(25-46(5,6)28-60-29-56)43(54)35-23-33(26-48-41(35)31(4)59-10)53-20-18-52(9)19-21-53/h14-15,22-23,26-27,29-31,37,42,49H,11-13,16-21,24-25,28H2,1-10H3,(H,50,57). The molecule has 15 nitrogen and oxygen atoms in total. The third-order valence-electron chi connectivity index (χ3n) is 12.1. The molecular formula is C46H67N9O6. The van der Waals surface area contributed by atoms with Gasteiger partial charge in [0.1, 0.15) is 6.04 Å². The van der Waals surface area contributed by atoms with E-state index < -0.39 is 17.5 Å². The molecule has 3 unspecified atom stereocenters. The first-order valence-electron chi connectivity index (χ1n) is 21.8. The Hall–Kier alpha value is -4.83. The zero-order chi connectivity index (χ0) is 44.0. The van der Waals surface area contributed by atoms with Gasteiger partial charge in [-0.15, -0.1) is 0 Å². The summed E-state index contributed by atoms with van der Waals surface area (Å²) in [5.74, 6) is 0.492. The number of aryl methyl sites for hydroxylation is 1. The van der Waals surface area contributed by atoms with Crippen LogP contribution in [0.15, 0.2) is 41.1 Å². The normalized spacial score (nSPS) is 16.9. The molecule has 2 aliphatic rings. The fourth-order valence-electron chi connectivity index (χ4n) is 8.88. The van der Waals surface area contributed by atoms with Crippen LogP contribution in [0.4, 0.5) is 5.69 Å². The number of pyridine rings is 1. The van der Waals surface area contributed by atoms with Gasteiger partial charge in [-0.1, -0.05) is 27.7 Å². The van der Waals surface area contributed by atoms with Crippen molar-refractivity contribution >= 4 is 34.9 Å². The molecule has 2 N–H and O–H groups in total. The number of nitrogens with one attached hydrogen (secondary N) is 2. The average Bonchev–Trinajstić information content (AvgIpc) is 3.83. The zero-order valence-corrected chi connectivity index (χ0v) is 37.9. The number of likely N-dealkylation sites (N-methyl/N-ethyl adjacent to an activating group) is 2. The van der Waals surface area contributed by atoms with Crippen LogP contribution >= 0.6 is 0 Å². The minimum absolute atomic E-state index is 0.0327. The van der Waals surface area contributed by atoms with Crippen molar-refractivity contribution in [2.45, 2.75) is 92.0 Å². The molecule has 15 heteroatoms. The first-order valence-corrected chi connectivity index (χ1v) is 21.8. The van der Waals surface area contributed by atoms with Crippen LogP contribution in [0.2, 0.25) is 0 Å². The molecule has 6 rings (SSSR count). The number of fused-ring (bicyclic) bond motifs is 1. The summed E-state index contributed by atoms with van der Waals surface area (Å²) in [5, 5.41) is 5.70. The number of ether oxygens (including phenoxy) is 2. The minimum atomic E-state index is -0.879. The second kappa shape index (κ2) is 19.9. The molecule has 3 aromatic heterocycles. The van der Waals surface area contributed by atoms with Gasteiger partial charge < -0.3 is 33.6 Å². The number of benzene rings is 1. The molecule has 0 bridgehead atoms. The number of carbonyl (C=O) groups is 3. The molecule has 0 aliphatic carbocycles. The molecule has 2 fully saturated rings. The monoisotopic (exact) mass is 842 g/mol. The summed E-state index contributed by atoms with van der Waals surface area (Å²) in [6.45, 7) is 18.9. The van der Waals surface area contributed by atoms with Crippen molar-refractivity contribution in [3.63, 3.8) is 0 Å². The number of anilines is 1. The lowest BCUT2D eigenvalue weighted by Crippen LogP contribution is -2.58. The van der Waals surface area contributed by atoms with Crippen molar-refractivity contribution in [1.29, 1.82) is 0 Å². The quantitative estimate of drug-likeness (QED) is 0.125. The van der Waals surface area contributed by atoms with E-state index in [1.807, 2.05) is 52.0 Å². The van der Waals surface area contributed by atoms with Crippen molar-refractivity contribution in [3.8, 4) is 22.6 Å². The van der Waals surface area contributed by atoms with Crippen molar-refractivity contribution in [2.24, 2.45) is 11.3 Å². The number of piperazine rings is 1. The number of rotatable bonds is 18. The summed E-state index contributed by atoms with van der Waals surface area (Å²) in [7, 11) is 7.60. The van der Waals surface area contributed by atoms with Gasteiger partial charge in [0, 0.05) is 80.4 Å². The lowest BCUT2D eigenvalue weighted by molar-refractivity contribution is -0.141. The van der Waals surface area contributed by atoms with Crippen molar-refractivity contribution in [1.82, 2.24) is 40.1 Å². The Bertz CT molecular complexity index is 2120. The van der Waals surface area contributed by atoms with E-state index in [4.69, 9.17) is 18.9 Å². The third kappa shape index (κ3) is 10.4. The first kappa shape index (κ1) is 45.7. The van der Waals surface area contributed by atoms with Crippen LogP contribution in [-0.4, -0.2) is 134 Å². The first-order chi connectivity index (χ1) is 29.2. The van der Waals surface area contributed by atoms with Gasteiger partial charge in [-0.25, -0.2) is 10.4 Å². The molecular weight excluding hydrogens is 775 g/mol. The van der Waals surface area contributed by atoms with Crippen LogP contribution in [0.3, 0.4) is 0 Å². The fraction of sp³-hybridized carbons (Fsp3) is 0.587. The summed E-state index contributed by atoms with van der Waals surface area (Å²) >= 11 is 0. The van der Waals surface area contributed by atoms with E-state index in [1.165, 1.54) is 0 Å². The Kier molecular flexibility index (Phi) is 14.9. The maximum atomic E-state index is 13.9. The summed E-state index contributed by atoms with van der Waals surface area (Å²) in [6, 6.07) is 7.28. The van der Waals surface area contributed by atoms with Gasteiger partial charge in [0.05, 0.1) is 54.6 Å². The predicted octanol–water partition coefficient (Wildman–Crippen LogP) is 5.32. The molecule has 0 saturated carbocycles.